The van der Waals surface area contributed by atoms with Crippen LogP contribution < -0.4 is 14.4 Å². The molecular formula is C24H34ClN2O6P. The number of ether oxygens (including phenoxy) is 2. The van der Waals surface area contributed by atoms with E-state index in [9.17, 15) is 9.67 Å². The quantitative estimate of drug-likeness (QED) is 0.420. The van der Waals surface area contributed by atoms with Crippen LogP contribution in [0.25, 0.3) is 0 Å². The van der Waals surface area contributed by atoms with Gasteiger partial charge in [0.2, 0.25) is 5.75 Å². The van der Waals surface area contributed by atoms with E-state index < -0.39 is 13.4 Å². The molecule has 34 heavy (non-hydrogen) atoms. The van der Waals surface area contributed by atoms with Crippen LogP contribution in [0.3, 0.4) is 0 Å². The van der Waals surface area contributed by atoms with Gasteiger partial charge < -0.3 is 28.5 Å². The molecule has 1 unspecified atom stereocenters. The summed E-state index contributed by atoms with van der Waals surface area (Å²) in [6, 6.07) is 9.21. The molecule has 0 radical (unpaired) electrons. The van der Waals surface area contributed by atoms with Gasteiger partial charge in [0.15, 0.2) is 11.5 Å². The fourth-order valence-electron chi connectivity index (χ4n) is 4.33. The van der Waals surface area contributed by atoms with E-state index in [0.29, 0.717) is 36.8 Å². The number of nitrogens with zero attached hydrogens (tertiary/aromatic N) is 2. The molecule has 1 saturated heterocycles. The van der Waals surface area contributed by atoms with E-state index in [2.05, 4.69) is 16.7 Å². The maximum absolute atomic E-state index is 14.1. The Morgan fingerprint density at radius 2 is 1.56 bits per heavy atom. The average molecular weight is 513 g/mol. The summed E-state index contributed by atoms with van der Waals surface area (Å²) in [5.41, 5.74) is 2.87. The number of methoxy groups -OCH3 is 2. The third kappa shape index (κ3) is 5.64. The molecule has 0 aromatic heterocycles. The summed E-state index contributed by atoms with van der Waals surface area (Å²) in [6.45, 7) is 8.78. The summed E-state index contributed by atoms with van der Waals surface area (Å²) in [5, 5.41) is 11.1. The Labute approximate surface area is 206 Å². The van der Waals surface area contributed by atoms with Crippen LogP contribution in [-0.2, 0) is 13.6 Å². The van der Waals surface area contributed by atoms with E-state index in [4.69, 9.17) is 30.1 Å². The monoisotopic (exact) mass is 512 g/mol. The SMILES string of the molecule is CCOP(=O)(OCC)C(c1cc(OC)c(O)c(OC)c1)N1CCN(c2cc(Cl)ccc2C)CC1. The van der Waals surface area contributed by atoms with Gasteiger partial charge >= 0.3 is 7.60 Å². The fraction of sp³-hybridized carbons (Fsp3) is 0.500. The van der Waals surface area contributed by atoms with E-state index in [1.165, 1.54) is 14.2 Å². The van der Waals surface area contributed by atoms with Crippen molar-refractivity contribution in [3.63, 3.8) is 0 Å². The minimum Gasteiger partial charge on any atom is -0.502 e. The van der Waals surface area contributed by atoms with Crippen molar-refractivity contribution in [1.82, 2.24) is 4.90 Å². The van der Waals surface area contributed by atoms with Crippen LogP contribution in [0, 0.1) is 6.92 Å². The van der Waals surface area contributed by atoms with Gasteiger partial charge in [-0.1, -0.05) is 17.7 Å². The van der Waals surface area contributed by atoms with Gasteiger partial charge in [-0.15, -0.1) is 0 Å². The third-order valence-corrected chi connectivity index (χ3v) is 8.58. The highest BCUT2D eigenvalue weighted by Crippen LogP contribution is 2.63. The lowest BCUT2D eigenvalue weighted by Crippen LogP contribution is -2.48. The van der Waals surface area contributed by atoms with Gasteiger partial charge in [-0.25, -0.2) is 0 Å². The van der Waals surface area contributed by atoms with Crippen LogP contribution in [0.1, 0.15) is 30.8 Å². The van der Waals surface area contributed by atoms with Crippen molar-refractivity contribution in [1.29, 1.82) is 0 Å². The Morgan fingerprint density at radius 3 is 2.06 bits per heavy atom. The number of piperazine rings is 1. The molecule has 2 aromatic carbocycles. The van der Waals surface area contributed by atoms with Crippen molar-refractivity contribution in [2.45, 2.75) is 26.6 Å². The maximum Gasteiger partial charge on any atom is 0.352 e. The van der Waals surface area contributed by atoms with E-state index in [0.717, 1.165) is 11.3 Å². The molecule has 0 amide bonds. The fourth-order valence-corrected chi connectivity index (χ4v) is 6.71. The molecule has 1 N–H and O–H groups in total. The van der Waals surface area contributed by atoms with Gasteiger partial charge in [0.25, 0.3) is 0 Å². The molecule has 0 bridgehead atoms. The summed E-state index contributed by atoms with van der Waals surface area (Å²) >= 11 is 6.24. The number of hydrogen-bond acceptors (Lipinski definition) is 8. The standard InChI is InChI=1S/C24H34ClN2O6P/c1-6-32-34(29,33-7-2)24(18-14-21(30-4)23(28)22(15-18)31-5)27-12-10-26(11-13-27)20-16-19(25)9-8-17(20)3/h8-9,14-16,24,28H,6-7,10-13H2,1-5H3. The van der Waals surface area contributed by atoms with Crippen molar-refractivity contribution in [2.24, 2.45) is 0 Å². The van der Waals surface area contributed by atoms with Crippen LogP contribution in [0.15, 0.2) is 30.3 Å². The number of rotatable bonds is 10. The topological polar surface area (TPSA) is 80.7 Å². The molecular weight excluding hydrogens is 479 g/mol. The van der Waals surface area contributed by atoms with Crippen molar-refractivity contribution in [2.75, 3.05) is 58.5 Å². The second-order valence-electron chi connectivity index (χ2n) is 7.98. The first-order valence-corrected chi connectivity index (χ1v) is 13.4. The summed E-state index contributed by atoms with van der Waals surface area (Å²) < 4.78 is 36.4. The number of hydrogen-bond donors (Lipinski definition) is 1. The first kappa shape index (κ1) is 26.6. The van der Waals surface area contributed by atoms with Crippen LogP contribution in [-0.4, -0.2) is 63.6 Å². The van der Waals surface area contributed by atoms with Crippen LogP contribution in [0.2, 0.25) is 5.02 Å². The number of phenols is 1. The van der Waals surface area contributed by atoms with Crippen molar-refractivity contribution < 1.29 is 28.2 Å². The zero-order valence-corrected chi connectivity index (χ0v) is 22.1. The highest BCUT2D eigenvalue weighted by molar-refractivity contribution is 7.54. The Bertz CT molecular complexity index is 994. The molecule has 0 aliphatic carbocycles. The van der Waals surface area contributed by atoms with Crippen molar-refractivity contribution in [3.05, 3.63) is 46.5 Å². The molecule has 1 aliphatic heterocycles. The molecule has 1 aliphatic rings. The maximum atomic E-state index is 14.1. The largest absolute Gasteiger partial charge is 0.502 e. The molecule has 8 nitrogen and oxygen atoms in total. The van der Waals surface area contributed by atoms with Gasteiger partial charge in [0.05, 0.1) is 27.4 Å². The van der Waals surface area contributed by atoms with Gasteiger partial charge in [0.1, 0.15) is 5.78 Å². The van der Waals surface area contributed by atoms with E-state index >= 15 is 0 Å². The lowest BCUT2D eigenvalue weighted by Gasteiger charge is -2.42. The summed E-state index contributed by atoms with van der Waals surface area (Å²) in [5.74, 6) is -0.353. The lowest BCUT2D eigenvalue weighted by atomic mass is 10.1. The summed E-state index contributed by atoms with van der Waals surface area (Å²) in [4.78, 5) is 4.38. The number of aryl methyl sites for hydroxylation is 1. The second kappa shape index (κ2) is 11.6. The number of aromatic hydroxyl groups is 1. The predicted octanol–water partition coefficient (Wildman–Crippen LogP) is 5.46. The highest BCUT2D eigenvalue weighted by atomic mass is 35.5. The molecule has 1 heterocycles. The van der Waals surface area contributed by atoms with E-state index in [1.807, 2.05) is 18.2 Å². The molecule has 2 aromatic rings. The Kier molecular flexibility index (Phi) is 9.13. The normalized spacial score (nSPS) is 15.9. The molecule has 1 atom stereocenters. The van der Waals surface area contributed by atoms with Gasteiger partial charge in [-0.2, -0.15) is 0 Å². The Balaban J connectivity index is 1.99. The smallest absolute Gasteiger partial charge is 0.352 e. The molecule has 10 heteroatoms. The first-order chi connectivity index (χ1) is 16.3. The van der Waals surface area contributed by atoms with Crippen LogP contribution in [0.4, 0.5) is 5.69 Å². The minimum atomic E-state index is -3.61. The van der Waals surface area contributed by atoms with Crippen LogP contribution >= 0.6 is 19.2 Å². The molecule has 1 fully saturated rings. The Morgan fingerprint density at radius 1 is 1.00 bits per heavy atom. The number of anilines is 1. The van der Waals surface area contributed by atoms with Crippen LogP contribution in [0.5, 0.6) is 17.2 Å². The summed E-state index contributed by atoms with van der Waals surface area (Å²) in [6.07, 6.45) is 0. The van der Waals surface area contributed by atoms with Gasteiger partial charge in [-0.05, 0) is 56.2 Å². The van der Waals surface area contributed by atoms with Gasteiger partial charge in [0, 0.05) is 36.9 Å². The molecule has 188 valence electrons. The van der Waals surface area contributed by atoms with Gasteiger partial charge in [-0.3, -0.25) is 9.46 Å². The molecule has 0 saturated carbocycles. The molecule has 0 spiro atoms. The highest BCUT2D eigenvalue weighted by Gasteiger charge is 2.43. The predicted molar refractivity (Wildman–Crippen MR) is 135 cm³/mol. The van der Waals surface area contributed by atoms with Crippen molar-refractivity contribution in [3.8, 4) is 17.2 Å². The number of halogens is 1. The van der Waals surface area contributed by atoms with E-state index in [-0.39, 0.29) is 30.5 Å². The second-order valence-corrected chi connectivity index (χ2v) is 10.5. The molecule has 3 rings (SSSR count). The minimum absolute atomic E-state index is 0.114. The zero-order chi connectivity index (χ0) is 24.9. The number of phenolic OH excluding ortho intramolecular Hbond substituents is 1. The third-order valence-electron chi connectivity index (χ3n) is 5.89. The lowest BCUT2D eigenvalue weighted by molar-refractivity contribution is 0.157. The van der Waals surface area contributed by atoms with Crippen molar-refractivity contribution >= 4 is 24.9 Å². The average Bonchev–Trinajstić information content (AvgIpc) is 2.82. The zero-order valence-electron chi connectivity index (χ0n) is 20.4. The van der Waals surface area contributed by atoms with E-state index in [1.54, 1.807) is 26.0 Å². The number of benzene rings is 2. The Hall–Kier alpha value is -1.96. The first-order valence-electron chi connectivity index (χ1n) is 11.4. The summed E-state index contributed by atoms with van der Waals surface area (Å²) in [7, 11) is -0.686.